The first-order valence-electron chi connectivity index (χ1n) is 4.10. The first-order chi connectivity index (χ1) is 5.24. The molecule has 0 radical (unpaired) electrons. The molecule has 1 N–H and O–H groups in total. The van der Waals surface area contributed by atoms with E-state index in [4.69, 9.17) is 0 Å². The fraction of sp³-hybridized carbons (Fsp3) is 0.500. The third kappa shape index (κ3) is 3.14. The molecule has 0 fully saturated rings. The van der Waals surface area contributed by atoms with Crippen molar-refractivity contribution in [2.75, 3.05) is 0 Å². The fourth-order valence-electron chi connectivity index (χ4n) is 1.18. The van der Waals surface area contributed by atoms with E-state index in [0.29, 0.717) is 11.8 Å². The van der Waals surface area contributed by atoms with Crippen molar-refractivity contribution >= 4 is 0 Å². The summed E-state index contributed by atoms with van der Waals surface area (Å²) in [5.41, 5.74) is 1.20. The van der Waals surface area contributed by atoms with Gasteiger partial charge in [0.1, 0.15) is 0 Å². The summed E-state index contributed by atoms with van der Waals surface area (Å²) in [6, 6.07) is 0. The minimum absolute atomic E-state index is 0. The van der Waals surface area contributed by atoms with E-state index < -0.39 is 0 Å². The minimum atomic E-state index is 0. The average Bonchev–Trinajstić information content (AvgIpc) is 1.98. The smallest absolute Gasteiger partial charge is 0.567 e. The molecule has 0 amide bonds. The van der Waals surface area contributed by atoms with Crippen LogP contribution in [0.5, 0.6) is 0 Å². The van der Waals surface area contributed by atoms with Gasteiger partial charge in [0.15, 0.2) is 0 Å². The Hall–Kier alpha value is -0.0317. The maximum atomic E-state index is 3.35. The van der Waals surface area contributed by atoms with Gasteiger partial charge in [0.05, 0.1) is 0 Å². The summed E-state index contributed by atoms with van der Waals surface area (Å²) in [7, 11) is 0. The predicted octanol–water partition coefficient (Wildman–Crippen LogP) is 2.28. The van der Waals surface area contributed by atoms with Crippen LogP contribution in [0.1, 0.15) is 20.8 Å². The van der Waals surface area contributed by atoms with E-state index in [9.17, 15) is 0 Å². The summed E-state index contributed by atoms with van der Waals surface area (Å²) < 4.78 is 0. The Labute approximate surface area is 89.6 Å². The van der Waals surface area contributed by atoms with E-state index in [-0.39, 0.29) is 21.1 Å². The fourth-order valence-corrected chi connectivity index (χ4v) is 1.18. The molecule has 0 heterocycles. The van der Waals surface area contributed by atoms with Gasteiger partial charge in [-0.1, -0.05) is 19.9 Å². The van der Waals surface area contributed by atoms with Crippen molar-refractivity contribution in [3.63, 3.8) is 0 Å². The molecular weight excluding hydrogens is 318 g/mol. The van der Waals surface area contributed by atoms with E-state index in [1.807, 2.05) is 13.5 Å². The van der Waals surface area contributed by atoms with Gasteiger partial charge in [0, 0.05) is 0 Å². The van der Waals surface area contributed by atoms with Gasteiger partial charge in [-0.2, -0.15) is 12.8 Å². The molecule has 2 heteroatoms. The van der Waals surface area contributed by atoms with Crippen LogP contribution >= 0.6 is 0 Å². The molecule has 0 aromatic rings. The Balaban J connectivity index is 0.00000121. The van der Waals surface area contributed by atoms with Crippen molar-refractivity contribution in [2.24, 2.45) is 11.8 Å². The van der Waals surface area contributed by atoms with E-state index in [0.717, 1.165) is 0 Å². The molecule has 1 rings (SSSR count). The monoisotopic (exact) mass is 333 g/mol. The average molecular weight is 333 g/mol. The van der Waals surface area contributed by atoms with Crippen molar-refractivity contribution in [3.8, 4) is 0 Å². The SMILES string of the molecule is C[CH-]NC1=[C-]C(C)C=CC1C.[W+2]. The molecule has 2 unspecified atom stereocenters. The summed E-state index contributed by atoms with van der Waals surface area (Å²) in [5, 5.41) is 3.19. The van der Waals surface area contributed by atoms with Crippen molar-refractivity contribution in [3.05, 3.63) is 30.5 Å². The van der Waals surface area contributed by atoms with Crippen LogP contribution in [0.3, 0.4) is 0 Å². The molecule has 1 aliphatic rings. The maximum Gasteiger partial charge on any atom is 2.00 e. The summed E-state index contributed by atoms with van der Waals surface area (Å²) in [5.74, 6) is 0.941. The second kappa shape index (κ2) is 5.59. The van der Waals surface area contributed by atoms with Gasteiger partial charge in [0.2, 0.25) is 0 Å². The van der Waals surface area contributed by atoms with Crippen LogP contribution in [0.25, 0.3) is 0 Å². The zero-order valence-corrected chi connectivity index (χ0v) is 10.7. The van der Waals surface area contributed by atoms with Crippen molar-refractivity contribution in [2.45, 2.75) is 20.8 Å². The van der Waals surface area contributed by atoms with Crippen molar-refractivity contribution in [1.29, 1.82) is 0 Å². The van der Waals surface area contributed by atoms with Gasteiger partial charge in [-0.15, -0.1) is 6.08 Å². The van der Waals surface area contributed by atoms with E-state index >= 15 is 0 Å². The van der Waals surface area contributed by atoms with Gasteiger partial charge >= 0.3 is 21.1 Å². The number of hydrogen-bond donors (Lipinski definition) is 1. The molecule has 0 spiro atoms. The van der Waals surface area contributed by atoms with E-state index in [2.05, 4.69) is 37.4 Å². The number of allylic oxidation sites excluding steroid dienone is 3. The molecule has 0 saturated heterocycles. The maximum absolute atomic E-state index is 3.35. The molecular formula is C10H15NW. The molecule has 0 aromatic carbocycles. The summed E-state index contributed by atoms with van der Waals surface area (Å²) >= 11 is 0. The van der Waals surface area contributed by atoms with Crippen molar-refractivity contribution < 1.29 is 21.1 Å². The minimum Gasteiger partial charge on any atom is -0.567 e. The predicted molar refractivity (Wildman–Crippen MR) is 47.3 cm³/mol. The zero-order chi connectivity index (χ0) is 8.27. The molecule has 1 aliphatic carbocycles. The van der Waals surface area contributed by atoms with Crippen LogP contribution in [-0.4, -0.2) is 0 Å². The third-order valence-electron chi connectivity index (χ3n) is 1.83. The van der Waals surface area contributed by atoms with E-state index in [1.54, 1.807) is 0 Å². The van der Waals surface area contributed by atoms with Gasteiger partial charge in [0.25, 0.3) is 0 Å². The molecule has 66 valence electrons. The first kappa shape index (κ1) is 12.0. The van der Waals surface area contributed by atoms with Crippen LogP contribution in [0.15, 0.2) is 17.8 Å². The molecule has 0 aliphatic heterocycles. The first-order valence-corrected chi connectivity index (χ1v) is 4.10. The van der Waals surface area contributed by atoms with Crippen LogP contribution in [0.4, 0.5) is 0 Å². The molecule has 2 atom stereocenters. The topological polar surface area (TPSA) is 12.0 Å². The van der Waals surface area contributed by atoms with Gasteiger partial charge in [-0.3, -0.25) is 6.54 Å². The largest absolute Gasteiger partial charge is 2.00 e. The summed E-state index contributed by atoms with van der Waals surface area (Å²) in [6.45, 7) is 8.25. The standard InChI is InChI=1S/C10H15N.W/c1-4-11-10-7-8(2)5-6-9(10)3;/h4-6,8-9,11H,1-3H3;/q-2;+2. The summed E-state index contributed by atoms with van der Waals surface area (Å²) in [6.07, 6.45) is 7.76. The number of nitrogens with one attached hydrogen (secondary N) is 1. The molecule has 0 aromatic heterocycles. The van der Waals surface area contributed by atoms with E-state index in [1.165, 1.54) is 5.70 Å². The Morgan fingerprint density at radius 3 is 2.67 bits per heavy atom. The molecule has 1 nitrogen and oxygen atoms in total. The Morgan fingerprint density at radius 1 is 1.42 bits per heavy atom. The second-order valence-corrected chi connectivity index (χ2v) is 2.95. The Bertz CT molecular complexity index is 184. The third-order valence-corrected chi connectivity index (χ3v) is 1.83. The normalized spacial score (nSPS) is 27.4. The summed E-state index contributed by atoms with van der Waals surface area (Å²) in [4.78, 5) is 0. The van der Waals surface area contributed by atoms with Crippen LogP contribution in [0.2, 0.25) is 0 Å². The molecule has 0 saturated carbocycles. The van der Waals surface area contributed by atoms with Crippen molar-refractivity contribution in [1.82, 2.24) is 5.32 Å². The van der Waals surface area contributed by atoms with Gasteiger partial charge in [-0.05, 0) is 5.92 Å². The van der Waals surface area contributed by atoms with Crippen LogP contribution in [0, 0.1) is 24.5 Å². The molecule has 12 heavy (non-hydrogen) atoms. The van der Waals surface area contributed by atoms with Gasteiger partial charge in [-0.25, -0.2) is 5.70 Å². The second-order valence-electron chi connectivity index (χ2n) is 2.95. The van der Waals surface area contributed by atoms with Crippen LogP contribution in [-0.2, 0) is 21.1 Å². The Kier molecular flexibility index (Phi) is 5.57. The Morgan fingerprint density at radius 2 is 2.08 bits per heavy atom. The van der Waals surface area contributed by atoms with Crippen LogP contribution < -0.4 is 5.32 Å². The quantitative estimate of drug-likeness (QED) is 0.604. The zero-order valence-electron chi connectivity index (χ0n) is 7.79. The van der Waals surface area contributed by atoms with Gasteiger partial charge < -0.3 is 11.4 Å². The molecule has 0 bridgehead atoms. The number of rotatable bonds is 2. The number of hydrogen-bond acceptors (Lipinski definition) is 1.